The van der Waals surface area contributed by atoms with Crippen molar-refractivity contribution in [2.75, 3.05) is 12.4 Å². The molecule has 166 valence electrons. The second kappa shape index (κ2) is 7.45. The molecule has 0 radical (unpaired) electrons. The molecule has 3 amide bonds. The Morgan fingerprint density at radius 3 is 2.50 bits per heavy atom. The molecule has 2 N–H and O–H groups in total. The van der Waals surface area contributed by atoms with Gasteiger partial charge in [-0.25, -0.2) is 0 Å². The summed E-state index contributed by atoms with van der Waals surface area (Å²) in [5.41, 5.74) is 0.961. The highest BCUT2D eigenvalue weighted by Gasteiger charge is 2.70. The number of rotatable bonds is 5. The number of methoxy groups -OCH3 is 1. The van der Waals surface area contributed by atoms with Gasteiger partial charge in [0.25, 0.3) is 0 Å². The molecule has 0 bridgehead atoms. The van der Waals surface area contributed by atoms with Crippen LogP contribution >= 0.6 is 0 Å². The predicted octanol–water partition coefficient (Wildman–Crippen LogP) is 2.66. The topological polar surface area (TPSA) is 87.7 Å². The molecule has 2 aromatic rings. The molecule has 0 saturated carbocycles. The van der Waals surface area contributed by atoms with Gasteiger partial charge in [-0.3, -0.25) is 24.6 Å². The Kier molecular flexibility index (Phi) is 4.82. The molecule has 7 heteroatoms. The molecule has 0 aromatic heterocycles. The first-order valence-electron chi connectivity index (χ1n) is 11.0. The number of imide groups is 1. The van der Waals surface area contributed by atoms with Crippen molar-refractivity contribution in [3.63, 3.8) is 0 Å². The van der Waals surface area contributed by atoms with Crippen molar-refractivity contribution in [2.24, 2.45) is 17.8 Å². The average Bonchev–Trinajstić information content (AvgIpc) is 3.34. The lowest BCUT2D eigenvalue weighted by Crippen LogP contribution is -2.53. The zero-order chi connectivity index (χ0) is 22.6. The van der Waals surface area contributed by atoms with Crippen molar-refractivity contribution in [1.82, 2.24) is 10.2 Å². The third-order valence-corrected chi connectivity index (χ3v) is 6.96. The lowest BCUT2D eigenvalue weighted by atomic mass is 9.76. The van der Waals surface area contributed by atoms with Gasteiger partial charge >= 0.3 is 0 Å². The number of para-hydroxylation sites is 2. The number of benzene rings is 2. The summed E-state index contributed by atoms with van der Waals surface area (Å²) in [6, 6.07) is 14.5. The molecule has 2 saturated heterocycles. The average molecular weight is 434 g/mol. The van der Waals surface area contributed by atoms with Crippen LogP contribution in [-0.4, -0.2) is 35.8 Å². The van der Waals surface area contributed by atoms with Gasteiger partial charge in [0.05, 0.1) is 25.5 Å². The van der Waals surface area contributed by atoms with E-state index < -0.39 is 17.4 Å². The van der Waals surface area contributed by atoms with Crippen LogP contribution in [0.2, 0.25) is 0 Å². The normalized spacial score (nSPS) is 28.4. The maximum atomic E-state index is 13.8. The number of anilines is 1. The fourth-order valence-electron chi connectivity index (χ4n) is 5.69. The van der Waals surface area contributed by atoms with Gasteiger partial charge in [-0.05, 0) is 24.5 Å². The summed E-state index contributed by atoms with van der Waals surface area (Å²) in [6.45, 7) is 4.29. The summed E-state index contributed by atoms with van der Waals surface area (Å²) < 4.78 is 5.42. The Balaban J connectivity index is 1.59. The molecule has 3 aliphatic rings. The first-order valence-corrected chi connectivity index (χ1v) is 11.0. The van der Waals surface area contributed by atoms with Crippen LogP contribution < -0.4 is 15.4 Å². The Morgan fingerprint density at radius 2 is 1.75 bits per heavy atom. The zero-order valence-electron chi connectivity index (χ0n) is 18.4. The number of likely N-dealkylation sites (tertiary alicyclic amines) is 1. The molecule has 2 fully saturated rings. The summed E-state index contributed by atoms with van der Waals surface area (Å²) in [4.78, 5) is 42.1. The molecule has 1 spiro atoms. The Labute approximate surface area is 187 Å². The van der Waals surface area contributed by atoms with Gasteiger partial charge in [-0.15, -0.1) is 0 Å². The van der Waals surface area contributed by atoms with Crippen molar-refractivity contribution >= 4 is 23.4 Å². The van der Waals surface area contributed by atoms with Crippen LogP contribution in [0, 0.1) is 17.8 Å². The van der Waals surface area contributed by atoms with E-state index >= 15 is 0 Å². The second-order valence-corrected chi connectivity index (χ2v) is 9.27. The third-order valence-electron chi connectivity index (χ3n) is 6.96. The number of amides is 3. The van der Waals surface area contributed by atoms with E-state index in [0.717, 1.165) is 11.1 Å². The molecule has 5 rings (SSSR count). The number of hydrogen-bond acceptors (Lipinski definition) is 5. The van der Waals surface area contributed by atoms with Crippen molar-refractivity contribution in [3.8, 4) is 5.75 Å². The molecule has 0 unspecified atom stereocenters. The maximum absolute atomic E-state index is 13.8. The SMILES string of the molecule is COc1ccccc1CN1C(=O)[C@@H]2[C@@H](C1=O)[C@]1(N[C@@H]2CC(C)C)C(=O)Nc2ccccc21. The van der Waals surface area contributed by atoms with Gasteiger partial charge in [0.15, 0.2) is 0 Å². The molecule has 3 aliphatic heterocycles. The van der Waals surface area contributed by atoms with E-state index in [4.69, 9.17) is 4.74 Å². The van der Waals surface area contributed by atoms with Crippen LogP contribution in [0.3, 0.4) is 0 Å². The minimum absolute atomic E-state index is 0.127. The number of fused-ring (bicyclic) bond motifs is 4. The molecule has 2 aromatic carbocycles. The maximum Gasteiger partial charge on any atom is 0.250 e. The highest BCUT2D eigenvalue weighted by Crippen LogP contribution is 2.53. The quantitative estimate of drug-likeness (QED) is 0.708. The molecule has 0 aliphatic carbocycles. The highest BCUT2D eigenvalue weighted by atomic mass is 16.5. The number of nitrogens with zero attached hydrogens (tertiary/aromatic N) is 1. The number of carbonyl (C=O) groups excluding carboxylic acids is 3. The standard InChI is InChI=1S/C25H27N3O4/c1-14(2)12-18-20-21(25(27-18)16-9-5-6-10-17(16)26-24(25)31)23(30)28(22(20)29)13-15-8-4-7-11-19(15)32-3/h4-11,14,18,20-21,27H,12-13H2,1-3H3,(H,26,31)/t18-,20+,21+,25+/m1/s1. The lowest BCUT2D eigenvalue weighted by Gasteiger charge is -2.30. The van der Waals surface area contributed by atoms with Gasteiger partial charge in [0.1, 0.15) is 11.3 Å². The van der Waals surface area contributed by atoms with Gasteiger partial charge in [0.2, 0.25) is 17.7 Å². The smallest absolute Gasteiger partial charge is 0.250 e. The van der Waals surface area contributed by atoms with E-state index in [-0.39, 0.29) is 30.3 Å². The van der Waals surface area contributed by atoms with Gasteiger partial charge in [-0.2, -0.15) is 0 Å². The van der Waals surface area contributed by atoms with Crippen molar-refractivity contribution in [1.29, 1.82) is 0 Å². The molecular weight excluding hydrogens is 406 g/mol. The van der Waals surface area contributed by atoms with E-state index in [9.17, 15) is 14.4 Å². The zero-order valence-corrected chi connectivity index (χ0v) is 18.4. The highest BCUT2D eigenvalue weighted by molar-refractivity contribution is 6.15. The Hall–Kier alpha value is -3.19. The van der Waals surface area contributed by atoms with Crippen LogP contribution in [-0.2, 0) is 26.5 Å². The molecule has 3 heterocycles. The first-order chi connectivity index (χ1) is 15.4. The summed E-state index contributed by atoms with van der Waals surface area (Å²) in [7, 11) is 1.57. The van der Waals surface area contributed by atoms with Crippen LogP contribution in [0.4, 0.5) is 5.69 Å². The monoisotopic (exact) mass is 433 g/mol. The van der Waals surface area contributed by atoms with Gasteiger partial charge in [0, 0.05) is 22.9 Å². The number of hydrogen-bond donors (Lipinski definition) is 2. The minimum Gasteiger partial charge on any atom is -0.496 e. The number of nitrogens with one attached hydrogen (secondary N) is 2. The lowest BCUT2D eigenvalue weighted by molar-refractivity contribution is -0.143. The van der Waals surface area contributed by atoms with Crippen LogP contribution in [0.15, 0.2) is 48.5 Å². The van der Waals surface area contributed by atoms with E-state index in [1.54, 1.807) is 7.11 Å². The first kappa shape index (κ1) is 20.7. The van der Waals surface area contributed by atoms with E-state index in [0.29, 0.717) is 23.8 Å². The van der Waals surface area contributed by atoms with Crippen LogP contribution in [0.1, 0.15) is 31.4 Å². The predicted molar refractivity (Wildman–Crippen MR) is 119 cm³/mol. The van der Waals surface area contributed by atoms with E-state index in [2.05, 4.69) is 24.5 Å². The fourth-order valence-corrected chi connectivity index (χ4v) is 5.69. The Morgan fingerprint density at radius 1 is 1.03 bits per heavy atom. The van der Waals surface area contributed by atoms with E-state index in [1.165, 1.54) is 4.90 Å². The summed E-state index contributed by atoms with van der Waals surface area (Å²) in [5.74, 6) is -1.24. The van der Waals surface area contributed by atoms with Gasteiger partial charge in [-0.1, -0.05) is 50.2 Å². The Bertz CT molecular complexity index is 1110. The summed E-state index contributed by atoms with van der Waals surface area (Å²) in [6.07, 6.45) is 0.694. The van der Waals surface area contributed by atoms with Crippen molar-refractivity contribution in [3.05, 3.63) is 59.7 Å². The number of ether oxygens (including phenoxy) is 1. The molecule has 32 heavy (non-hydrogen) atoms. The van der Waals surface area contributed by atoms with E-state index in [1.807, 2.05) is 48.5 Å². The number of carbonyl (C=O) groups is 3. The molecule has 7 nitrogen and oxygen atoms in total. The summed E-state index contributed by atoms with van der Waals surface area (Å²) in [5, 5.41) is 6.40. The van der Waals surface area contributed by atoms with Crippen molar-refractivity contribution < 1.29 is 19.1 Å². The minimum atomic E-state index is -1.23. The summed E-state index contributed by atoms with van der Waals surface area (Å²) >= 11 is 0. The fraction of sp³-hybridized carbons (Fsp3) is 0.400. The van der Waals surface area contributed by atoms with Gasteiger partial charge < -0.3 is 10.1 Å². The van der Waals surface area contributed by atoms with Crippen LogP contribution in [0.5, 0.6) is 5.75 Å². The molecule has 4 atom stereocenters. The van der Waals surface area contributed by atoms with Crippen LogP contribution in [0.25, 0.3) is 0 Å². The third kappa shape index (κ3) is 2.80. The molecular formula is C25H27N3O4. The largest absolute Gasteiger partial charge is 0.496 e. The second-order valence-electron chi connectivity index (χ2n) is 9.27. The van der Waals surface area contributed by atoms with Crippen molar-refractivity contribution in [2.45, 2.75) is 38.4 Å².